The number of hydrogen-bond acceptors (Lipinski definition) is 2. The lowest BCUT2D eigenvalue weighted by atomic mass is 10.1. The molecule has 0 unspecified atom stereocenters. The van der Waals surface area contributed by atoms with Crippen LogP contribution in [-0.4, -0.2) is 30.0 Å². The predicted molar refractivity (Wildman–Crippen MR) is 58.7 cm³/mol. The number of benzene rings is 1. The second kappa shape index (κ2) is 4.29. The van der Waals surface area contributed by atoms with Gasteiger partial charge in [-0.1, -0.05) is 11.6 Å². The fourth-order valence-corrected chi connectivity index (χ4v) is 1.82. The minimum Gasteiger partial charge on any atom is -0.472 e. The Morgan fingerprint density at radius 2 is 2.27 bits per heavy atom. The third-order valence-corrected chi connectivity index (χ3v) is 2.59. The summed E-state index contributed by atoms with van der Waals surface area (Å²) in [4.78, 5) is 13.4. The molecule has 0 aliphatic carbocycles. The fraction of sp³-hybridized carbons (Fsp3) is 0.300. The van der Waals surface area contributed by atoms with E-state index >= 15 is 0 Å². The van der Waals surface area contributed by atoms with Gasteiger partial charge in [-0.3, -0.25) is 4.79 Å². The highest BCUT2D eigenvalue weighted by Gasteiger charge is 2.24. The Balaban J connectivity index is 2.32. The van der Waals surface area contributed by atoms with Crippen molar-refractivity contribution in [3.05, 3.63) is 28.8 Å². The molecule has 0 fully saturated rings. The van der Waals surface area contributed by atoms with Crippen LogP contribution in [0.1, 0.15) is 10.4 Å². The van der Waals surface area contributed by atoms with E-state index in [-0.39, 0.29) is 12.6 Å². The standard InChI is InChI=1S/C10H9Cl2NO2/c11-3-4-13-6-15-9-2-1-7(12)5-8(9)10(13)14/h1-2,5H,3-4,6H2. The highest BCUT2D eigenvalue weighted by atomic mass is 35.5. The summed E-state index contributed by atoms with van der Waals surface area (Å²) < 4.78 is 5.40. The van der Waals surface area contributed by atoms with Crippen molar-refractivity contribution in [3.8, 4) is 5.75 Å². The van der Waals surface area contributed by atoms with Gasteiger partial charge in [-0.15, -0.1) is 11.6 Å². The Labute approximate surface area is 97.5 Å². The lowest BCUT2D eigenvalue weighted by molar-refractivity contribution is 0.0540. The first-order chi connectivity index (χ1) is 7.22. The molecule has 0 N–H and O–H groups in total. The number of carbonyl (C=O) groups is 1. The van der Waals surface area contributed by atoms with Crippen molar-refractivity contribution >= 4 is 29.1 Å². The predicted octanol–water partition coefficient (Wildman–Crippen LogP) is 2.37. The number of carbonyl (C=O) groups excluding carboxylic acids is 1. The topological polar surface area (TPSA) is 29.5 Å². The third kappa shape index (κ3) is 2.03. The summed E-state index contributed by atoms with van der Waals surface area (Å²) >= 11 is 11.4. The van der Waals surface area contributed by atoms with Gasteiger partial charge in [0.2, 0.25) is 0 Å². The van der Waals surface area contributed by atoms with E-state index in [2.05, 4.69) is 0 Å². The van der Waals surface area contributed by atoms with Crippen molar-refractivity contribution in [3.63, 3.8) is 0 Å². The van der Waals surface area contributed by atoms with Crippen LogP contribution < -0.4 is 4.74 Å². The van der Waals surface area contributed by atoms with E-state index in [1.807, 2.05) is 0 Å². The molecule has 1 aliphatic heterocycles. The normalized spacial score (nSPS) is 14.8. The summed E-state index contributed by atoms with van der Waals surface area (Å²) in [5, 5.41) is 0.526. The SMILES string of the molecule is O=C1c2cc(Cl)ccc2OCN1CCCl. The highest BCUT2D eigenvalue weighted by Crippen LogP contribution is 2.27. The first-order valence-corrected chi connectivity index (χ1v) is 5.41. The summed E-state index contributed by atoms with van der Waals surface area (Å²) in [7, 11) is 0. The molecule has 15 heavy (non-hydrogen) atoms. The van der Waals surface area contributed by atoms with Crippen LogP contribution in [-0.2, 0) is 0 Å². The second-order valence-corrected chi connectivity index (χ2v) is 3.99. The zero-order valence-electron chi connectivity index (χ0n) is 7.87. The molecule has 0 atom stereocenters. The summed E-state index contributed by atoms with van der Waals surface area (Å²) in [5.74, 6) is 0.889. The van der Waals surface area contributed by atoms with Crippen LogP contribution >= 0.6 is 23.2 Å². The molecule has 80 valence electrons. The first kappa shape index (κ1) is 10.6. The molecule has 3 nitrogen and oxygen atoms in total. The van der Waals surface area contributed by atoms with E-state index in [4.69, 9.17) is 27.9 Å². The number of rotatable bonds is 2. The Morgan fingerprint density at radius 1 is 1.47 bits per heavy atom. The minimum absolute atomic E-state index is 0.0839. The van der Waals surface area contributed by atoms with E-state index in [1.165, 1.54) is 0 Å². The summed E-state index contributed by atoms with van der Waals surface area (Å²) in [6.45, 7) is 0.729. The van der Waals surface area contributed by atoms with Gasteiger partial charge in [-0.2, -0.15) is 0 Å². The van der Waals surface area contributed by atoms with E-state index in [0.29, 0.717) is 28.8 Å². The Hall–Kier alpha value is -0.930. The summed E-state index contributed by atoms with van der Waals surface area (Å²) in [5.41, 5.74) is 0.499. The van der Waals surface area contributed by atoms with Crippen molar-refractivity contribution < 1.29 is 9.53 Å². The van der Waals surface area contributed by atoms with Crippen LogP contribution in [0.25, 0.3) is 0 Å². The molecule has 0 saturated carbocycles. The van der Waals surface area contributed by atoms with Crippen molar-refractivity contribution in [2.75, 3.05) is 19.2 Å². The molecule has 5 heteroatoms. The smallest absolute Gasteiger partial charge is 0.260 e. The number of hydrogen-bond donors (Lipinski definition) is 0. The molecule has 2 rings (SSSR count). The van der Waals surface area contributed by atoms with E-state index in [9.17, 15) is 4.79 Å². The van der Waals surface area contributed by atoms with Crippen LogP contribution in [0.5, 0.6) is 5.75 Å². The summed E-state index contributed by atoms with van der Waals surface area (Å²) in [6.07, 6.45) is 0. The molecule has 0 bridgehead atoms. The van der Waals surface area contributed by atoms with Gasteiger partial charge < -0.3 is 9.64 Å². The number of ether oxygens (including phenoxy) is 1. The van der Waals surface area contributed by atoms with E-state index in [1.54, 1.807) is 23.1 Å². The maximum atomic E-state index is 11.9. The lowest BCUT2D eigenvalue weighted by Gasteiger charge is -2.28. The van der Waals surface area contributed by atoms with Crippen molar-refractivity contribution in [1.82, 2.24) is 4.90 Å². The first-order valence-electron chi connectivity index (χ1n) is 4.50. The molecular formula is C10H9Cl2NO2. The van der Waals surface area contributed by atoms with Gasteiger partial charge >= 0.3 is 0 Å². The quantitative estimate of drug-likeness (QED) is 0.749. The van der Waals surface area contributed by atoms with Gasteiger partial charge in [-0.05, 0) is 18.2 Å². The maximum Gasteiger partial charge on any atom is 0.260 e. The Morgan fingerprint density at radius 3 is 3.00 bits per heavy atom. The van der Waals surface area contributed by atoms with Crippen LogP contribution in [0.15, 0.2) is 18.2 Å². The molecule has 1 heterocycles. The van der Waals surface area contributed by atoms with Crippen LogP contribution in [0.3, 0.4) is 0 Å². The molecular weight excluding hydrogens is 237 g/mol. The Bertz CT molecular complexity index is 395. The number of fused-ring (bicyclic) bond motifs is 1. The van der Waals surface area contributed by atoms with Gasteiger partial charge in [-0.25, -0.2) is 0 Å². The summed E-state index contributed by atoms with van der Waals surface area (Å²) in [6, 6.07) is 5.01. The molecule has 0 saturated heterocycles. The van der Waals surface area contributed by atoms with Gasteiger partial charge in [0.15, 0.2) is 6.73 Å². The van der Waals surface area contributed by atoms with Crippen LogP contribution in [0, 0.1) is 0 Å². The molecule has 0 spiro atoms. The molecule has 1 amide bonds. The molecule has 0 aromatic heterocycles. The van der Waals surface area contributed by atoms with Crippen molar-refractivity contribution in [1.29, 1.82) is 0 Å². The minimum atomic E-state index is -0.0839. The monoisotopic (exact) mass is 245 g/mol. The van der Waals surface area contributed by atoms with Crippen molar-refractivity contribution in [2.24, 2.45) is 0 Å². The number of alkyl halides is 1. The van der Waals surface area contributed by atoms with Gasteiger partial charge in [0.05, 0.1) is 5.56 Å². The number of amides is 1. The zero-order valence-corrected chi connectivity index (χ0v) is 9.38. The molecule has 1 aliphatic rings. The lowest BCUT2D eigenvalue weighted by Crippen LogP contribution is -2.39. The largest absolute Gasteiger partial charge is 0.472 e. The van der Waals surface area contributed by atoms with E-state index < -0.39 is 0 Å². The van der Waals surface area contributed by atoms with E-state index in [0.717, 1.165) is 0 Å². The second-order valence-electron chi connectivity index (χ2n) is 3.17. The van der Waals surface area contributed by atoms with Crippen LogP contribution in [0.2, 0.25) is 5.02 Å². The van der Waals surface area contributed by atoms with Gasteiger partial charge in [0.25, 0.3) is 5.91 Å². The van der Waals surface area contributed by atoms with Crippen LogP contribution in [0.4, 0.5) is 0 Å². The Kier molecular flexibility index (Phi) is 3.03. The van der Waals surface area contributed by atoms with Crippen molar-refractivity contribution in [2.45, 2.75) is 0 Å². The third-order valence-electron chi connectivity index (χ3n) is 2.19. The van der Waals surface area contributed by atoms with Gasteiger partial charge in [0.1, 0.15) is 5.75 Å². The number of halogens is 2. The maximum absolute atomic E-state index is 11.9. The number of nitrogens with zero attached hydrogens (tertiary/aromatic N) is 1. The fourth-order valence-electron chi connectivity index (χ4n) is 1.44. The van der Waals surface area contributed by atoms with Gasteiger partial charge in [0, 0.05) is 17.4 Å². The molecule has 0 radical (unpaired) electrons. The average Bonchev–Trinajstić information content (AvgIpc) is 2.23. The average molecular weight is 246 g/mol. The zero-order chi connectivity index (χ0) is 10.8. The highest BCUT2D eigenvalue weighted by molar-refractivity contribution is 6.31. The molecule has 1 aromatic rings. The molecule has 1 aromatic carbocycles.